The fourth-order valence-electron chi connectivity index (χ4n) is 3.09. The van der Waals surface area contributed by atoms with Gasteiger partial charge in [-0.1, -0.05) is 11.8 Å². The maximum Gasteiger partial charge on any atom is 0.164 e. The Kier molecular flexibility index (Phi) is 4.55. The molecule has 1 saturated heterocycles. The number of hydrogen-bond acceptors (Lipinski definition) is 4. The van der Waals surface area contributed by atoms with E-state index in [1.807, 2.05) is 35.2 Å². The van der Waals surface area contributed by atoms with E-state index >= 15 is 0 Å². The standard InChI is InChI=1S/C19H19FN4OS/c1-25-17-6-4-15(5-7-17)22-19(26-2)23-11-16(12-23)24-18-8-3-14(20)9-13(18)10-21-24/h3-10,16H,11-12H2,1-2H3. The molecule has 2 heterocycles. The van der Waals surface area contributed by atoms with E-state index in [1.165, 1.54) is 12.1 Å². The van der Waals surface area contributed by atoms with Gasteiger partial charge in [0.05, 0.1) is 30.6 Å². The molecular formula is C19H19FN4OS. The van der Waals surface area contributed by atoms with Crippen LogP contribution in [0, 0.1) is 5.82 Å². The van der Waals surface area contributed by atoms with Gasteiger partial charge < -0.3 is 9.64 Å². The maximum absolute atomic E-state index is 13.3. The fourth-order valence-corrected chi connectivity index (χ4v) is 3.70. The SMILES string of the molecule is COc1ccc(N=C(SC)N2CC(n3ncc4cc(F)ccc43)C2)cc1. The zero-order chi connectivity index (χ0) is 18.1. The molecule has 5 nitrogen and oxygen atoms in total. The summed E-state index contributed by atoms with van der Waals surface area (Å²) >= 11 is 1.63. The Labute approximate surface area is 155 Å². The quantitative estimate of drug-likeness (QED) is 0.514. The van der Waals surface area contributed by atoms with Crippen LogP contribution >= 0.6 is 11.8 Å². The van der Waals surface area contributed by atoms with E-state index in [1.54, 1.807) is 31.1 Å². The third kappa shape index (κ3) is 3.14. The number of nitrogens with zero attached hydrogens (tertiary/aromatic N) is 4. The number of methoxy groups -OCH3 is 1. The molecule has 1 fully saturated rings. The maximum atomic E-state index is 13.3. The largest absolute Gasteiger partial charge is 0.497 e. The summed E-state index contributed by atoms with van der Waals surface area (Å²) in [5, 5.41) is 6.26. The number of halogens is 1. The molecule has 1 aromatic heterocycles. The lowest BCUT2D eigenvalue weighted by Gasteiger charge is -2.41. The molecule has 0 atom stereocenters. The molecule has 0 N–H and O–H groups in total. The number of ether oxygens (including phenoxy) is 1. The second-order valence-corrected chi connectivity index (χ2v) is 6.92. The van der Waals surface area contributed by atoms with Gasteiger partial charge in [-0.05, 0) is 48.7 Å². The monoisotopic (exact) mass is 370 g/mol. The van der Waals surface area contributed by atoms with Crippen molar-refractivity contribution in [3.05, 3.63) is 54.5 Å². The van der Waals surface area contributed by atoms with Gasteiger partial charge in [-0.2, -0.15) is 5.10 Å². The minimum absolute atomic E-state index is 0.233. The van der Waals surface area contributed by atoms with E-state index < -0.39 is 0 Å². The molecule has 1 aliphatic rings. The zero-order valence-corrected chi connectivity index (χ0v) is 15.4. The molecule has 0 aliphatic carbocycles. The van der Waals surface area contributed by atoms with E-state index in [-0.39, 0.29) is 11.9 Å². The van der Waals surface area contributed by atoms with Crippen molar-refractivity contribution in [2.24, 2.45) is 4.99 Å². The highest BCUT2D eigenvalue weighted by molar-refractivity contribution is 8.13. The van der Waals surface area contributed by atoms with Gasteiger partial charge >= 0.3 is 0 Å². The number of aliphatic imine (C=N–C) groups is 1. The van der Waals surface area contributed by atoms with Crippen molar-refractivity contribution in [1.29, 1.82) is 0 Å². The Morgan fingerprint density at radius 2 is 2.00 bits per heavy atom. The van der Waals surface area contributed by atoms with E-state index in [0.717, 1.165) is 40.6 Å². The van der Waals surface area contributed by atoms with Crippen LogP contribution < -0.4 is 4.74 Å². The summed E-state index contributed by atoms with van der Waals surface area (Å²) in [4.78, 5) is 6.97. The average molecular weight is 370 g/mol. The molecule has 3 aromatic rings. The van der Waals surface area contributed by atoms with Crippen LogP contribution in [-0.2, 0) is 0 Å². The van der Waals surface area contributed by atoms with Gasteiger partial charge in [0.15, 0.2) is 5.17 Å². The Balaban J connectivity index is 1.48. The predicted molar refractivity (Wildman–Crippen MR) is 104 cm³/mol. The van der Waals surface area contributed by atoms with Crippen LogP contribution in [0.2, 0.25) is 0 Å². The van der Waals surface area contributed by atoms with Gasteiger partial charge in [0.1, 0.15) is 11.6 Å². The summed E-state index contributed by atoms with van der Waals surface area (Å²) < 4.78 is 20.5. The molecular weight excluding hydrogens is 351 g/mol. The molecule has 0 unspecified atom stereocenters. The van der Waals surface area contributed by atoms with Crippen molar-refractivity contribution < 1.29 is 9.13 Å². The van der Waals surface area contributed by atoms with E-state index in [4.69, 9.17) is 9.73 Å². The van der Waals surface area contributed by atoms with Crippen LogP contribution in [0.25, 0.3) is 10.9 Å². The Bertz CT molecular complexity index is 948. The van der Waals surface area contributed by atoms with Crippen LogP contribution in [0.5, 0.6) is 5.75 Å². The number of amidine groups is 1. The molecule has 0 radical (unpaired) electrons. The van der Waals surface area contributed by atoms with Crippen molar-refractivity contribution in [2.45, 2.75) is 6.04 Å². The number of rotatable bonds is 3. The van der Waals surface area contributed by atoms with Crippen LogP contribution in [-0.4, -0.2) is 46.3 Å². The van der Waals surface area contributed by atoms with Crippen molar-refractivity contribution in [3.63, 3.8) is 0 Å². The lowest BCUT2D eigenvalue weighted by atomic mass is 10.1. The molecule has 7 heteroatoms. The van der Waals surface area contributed by atoms with Crippen LogP contribution in [0.4, 0.5) is 10.1 Å². The van der Waals surface area contributed by atoms with Crippen LogP contribution in [0.3, 0.4) is 0 Å². The Morgan fingerprint density at radius 1 is 1.23 bits per heavy atom. The summed E-state index contributed by atoms with van der Waals surface area (Å²) in [6, 6.07) is 12.8. The first-order valence-corrected chi connectivity index (χ1v) is 9.55. The van der Waals surface area contributed by atoms with E-state index in [9.17, 15) is 4.39 Å². The normalized spacial score (nSPS) is 15.3. The average Bonchev–Trinajstić information content (AvgIpc) is 3.03. The minimum atomic E-state index is -0.233. The molecule has 1 aliphatic heterocycles. The van der Waals surface area contributed by atoms with Crippen LogP contribution in [0.1, 0.15) is 6.04 Å². The van der Waals surface area contributed by atoms with Gasteiger partial charge in [0.25, 0.3) is 0 Å². The molecule has 0 amide bonds. The van der Waals surface area contributed by atoms with Crippen molar-refractivity contribution in [3.8, 4) is 5.75 Å². The number of fused-ring (bicyclic) bond motifs is 1. The van der Waals surface area contributed by atoms with Gasteiger partial charge in [0, 0.05) is 18.5 Å². The smallest absolute Gasteiger partial charge is 0.164 e. The molecule has 2 aromatic carbocycles. The molecule has 4 rings (SSSR count). The second-order valence-electron chi connectivity index (χ2n) is 6.15. The van der Waals surface area contributed by atoms with Crippen molar-refractivity contribution >= 4 is 33.5 Å². The van der Waals surface area contributed by atoms with E-state index in [2.05, 4.69) is 10.00 Å². The van der Waals surface area contributed by atoms with Crippen molar-refractivity contribution in [2.75, 3.05) is 26.5 Å². The fraction of sp³-hybridized carbons (Fsp3) is 0.263. The first kappa shape index (κ1) is 16.9. The highest BCUT2D eigenvalue weighted by Crippen LogP contribution is 2.29. The molecule has 0 bridgehead atoms. The number of hydrogen-bond donors (Lipinski definition) is 0. The highest BCUT2D eigenvalue weighted by atomic mass is 32.2. The lowest BCUT2D eigenvalue weighted by molar-refractivity contribution is 0.188. The highest BCUT2D eigenvalue weighted by Gasteiger charge is 2.31. The third-order valence-corrected chi connectivity index (χ3v) is 5.23. The summed E-state index contributed by atoms with van der Waals surface area (Å²) in [5.41, 5.74) is 1.87. The van der Waals surface area contributed by atoms with Crippen LogP contribution in [0.15, 0.2) is 53.7 Å². The van der Waals surface area contributed by atoms with E-state index in [0.29, 0.717) is 0 Å². The number of thioether (sulfide) groups is 1. The number of benzene rings is 2. The summed E-state index contributed by atoms with van der Waals surface area (Å²) in [5.74, 6) is 0.587. The Morgan fingerprint density at radius 3 is 2.69 bits per heavy atom. The Hall–Kier alpha value is -2.54. The first-order valence-electron chi connectivity index (χ1n) is 8.32. The van der Waals surface area contributed by atoms with Gasteiger partial charge in [-0.25, -0.2) is 9.38 Å². The lowest BCUT2D eigenvalue weighted by Crippen LogP contribution is -2.50. The first-order chi connectivity index (χ1) is 12.7. The number of aromatic nitrogens is 2. The second kappa shape index (κ2) is 6.99. The number of likely N-dealkylation sites (tertiary alicyclic amines) is 1. The summed E-state index contributed by atoms with van der Waals surface area (Å²) in [7, 11) is 1.65. The van der Waals surface area contributed by atoms with Crippen molar-refractivity contribution in [1.82, 2.24) is 14.7 Å². The molecule has 0 saturated carbocycles. The van der Waals surface area contributed by atoms with Gasteiger partial charge in [0.2, 0.25) is 0 Å². The minimum Gasteiger partial charge on any atom is -0.497 e. The predicted octanol–water partition coefficient (Wildman–Crippen LogP) is 4.09. The molecule has 26 heavy (non-hydrogen) atoms. The third-order valence-electron chi connectivity index (χ3n) is 4.52. The van der Waals surface area contributed by atoms with Gasteiger partial charge in [-0.15, -0.1) is 0 Å². The zero-order valence-electron chi connectivity index (χ0n) is 14.6. The van der Waals surface area contributed by atoms with Gasteiger partial charge in [-0.3, -0.25) is 4.68 Å². The molecule has 0 spiro atoms. The molecule has 134 valence electrons. The summed E-state index contributed by atoms with van der Waals surface area (Å²) in [6.45, 7) is 1.67. The summed E-state index contributed by atoms with van der Waals surface area (Å²) in [6.07, 6.45) is 3.75. The topological polar surface area (TPSA) is 42.6 Å².